The van der Waals surface area contributed by atoms with Crippen LogP contribution in [0.15, 0.2) is 16.6 Å². The molecule has 2 N–H and O–H groups in total. The Morgan fingerprint density at radius 2 is 1.95 bits per heavy atom. The second kappa shape index (κ2) is 6.43. The molecule has 106 valence electrons. The van der Waals surface area contributed by atoms with Gasteiger partial charge in [0, 0.05) is 12.1 Å². The molecule has 0 saturated heterocycles. The van der Waals surface area contributed by atoms with Crippen molar-refractivity contribution in [3.05, 3.63) is 33.8 Å². The third kappa shape index (κ3) is 3.30. The van der Waals surface area contributed by atoms with E-state index in [0.717, 1.165) is 6.07 Å². The van der Waals surface area contributed by atoms with Gasteiger partial charge in [-0.15, -0.1) is 0 Å². The Morgan fingerprint density at radius 3 is 2.42 bits per heavy atom. The fraction of sp³-hybridized carbons (Fsp3) is 0.462. The van der Waals surface area contributed by atoms with Crippen molar-refractivity contribution in [3.63, 3.8) is 0 Å². The third-order valence-electron chi connectivity index (χ3n) is 3.36. The quantitative estimate of drug-likeness (QED) is 0.782. The van der Waals surface area contributed by atoms with Gasteiger partial charge < -0.3 is 5.11 Å². The normalized spacial score (nSPS) is 11.6. The molecule has 0 amide bonds. The maximum atomic E-state index is 13.8. The lowest BCUT2D eigenvalue weighted by Gasteiger charge is -2.28. The molecule has 0 unspecified atom stereocenters. The van der Waals surface area contributed by atoms with Crippen LogP contribution in [0.5, 0.6) is 0 Å². The summed E-state index contributed by atoms with van der Waals surface area (Å²) in [6, 6.07) is 2.42. The van der Waals surface area contributed by atoms with Crippen LogP contribution < -0.4 is 5.32 Å². The third-order valence-corrected chi connectivity index (χ3v) is 3.97. The van der Waals surface area contributed by atoms with Gasteiger partial charge in [-0.2, -0.15) is 0 Å². The Morgan fingerprint density at radius 1 is 1.37 bits per heavy atom. The van der Waals surface area contributed by atoms with E-state index in [1.165, 1.54) is 6.07 Å². The van der Waals surface area contributed by atoms with Gasteiger partial charge in [0.25, 0.3) is 0 Å². The van der Waals surface area contributed by atoms with Crippen LogP contribution in [0, 0.1) is 11.6 Å². The standard InChI is InChI=1S/C13H16BrF2NO2/c1-3-13(4-2,12(18)19)17-7-8-10(15)6-5-9(14)11(8)16/h5-6,17H,3-4,7H2,1-2H3,(H,18,19). The highest BCUT2D eigenvalue weighted by atomic mass is 79.9. The van der Waals surface area contributed by atoms with Gasteiger partial charge in [-0.05, 0) is 40.9 Å². The second-order valence-electron chi connectivity index (χ2n) is 4.27. The van der Waals surface area contributed by atoms with E-state index in [0.29, 0.717) is 12.8 Å². The first kappa shape index (κ1) is 16.0. The minimum atomic E-state index is -1.17. The monoisotopic (exact) mass is 335 g/mol. The van der Waals surface area contributed by atoms with Crippen molar-refractivity contribution >= 4 is 21.9 Å². The predicted molar refractivity (Wildman–Crippen MR) is 71.8 cm³/mol. The molecule has 0 aromatic heterocycles. The zero-order chi connectivity index (χ0) is 14.6. The van der Waals surface area contributed by atoms with Crippen LogP contribution in [0.4, 0.5) is 8.78 Å². The summed E-state index contributed by atoms with van der Waals surface area (Å²) in [4.78, 5) is 11.3. The average Bonchev–Trinajstić information content (AvgIpc) is 2.38. The fourth-order valence-corrected chi connectivity index (χ4v) is 2.24. The van der Waals surface area contributed by atoms with E-state index in [9.17, 15) is 18.7 Å². The molecular weight excluding hydrogens is 320 g/mol. The smallest absolute Gasteiger partial charge is 0.323 e. The fourth-order valence-electron chi connectivity index (χ4n) is 1.87. The summed E-state index contributed by atoms with van der Waals surface area (Å²) in [5.74, 6) is -2.42. The average molecular weight is 336 g/mol. The molecule has 0 fully saturated rings. The molecule has 1 rings (SSSR count). The van der Waals surface area contributed by atoms with E-state index in [4.69, 9.17) is 0 Å². The van der Waals surface area contributed by atoms with E-state index in [1.807, 2.05) is 0 Å². The Labute approximate surface area is 119 Å². The van der Waals surface area contributed by atoms with Gasteiger partial charge >= 0.3 is 5.97 Å². The van der Waals surface area contributed by atoms with Crippen molar-refractivity contribution in [2.75, 3.05) is 0 Å². The molecule has 0 aliphatic heterocycles. The molecule has 1 aromatic rings. The number of aliphatic carboxylic acids is 1. The lowest BCUT2D eigenvalue weighted by molar-refractivity contribution is -0.145. The summed E-state index contributed by atoms with van der Waals surface area (Å²) in [5, 5.41) is 12.0. The molecule has 1 aromatic carbocycles. The van der Waals surface area contributed by atoms with Crippen molar-refractivity contribution < 1.29 is 18.7 Å². The maximum absolute atomic E-state index is 13.8. The summed E-state index contributed by atoms with van der Waals surface area (Å²) in [6.45, 7) is 3.27. The van der Waals surface area contributed by atoms with E-state index in [1.54, 1.807) is 13.8 Å². The number of halogens is 3. The van der Waals surface area contributed by atoms with Crippen molar-refractivity contribution in [2.24, 2.45) is 0 Å². The number of carboxylic acids is 1. The number of carboxylic acid groups (broad SMARTS) is 1. The zero-order valence-corrected chi connectivity index (χ0v) is 12.4. The van der Waals surface area contributed by atoms with Crippen molar-refractivity contribution in [3.8, 4) is 0 Å². The molecule has 0 heterocycles. The van der Waals surface area contributed by atoms with E-state index in [-0.39, 0.29) is 16.6 Å². The number of rotatable bonds is 6. The number of carbonyl (C=O) groups is 1. The largest absolute Gasteiger partial charge is 0.480 e. The minimum Gasteiger partial charge on any atom is -0.480 e. The number of hydrogen-bond acceptors (Lipinski definition) is 2. The van der Waals surface area contributed by atoms with Crippen molar-refractivity contribution in [2.45, 2.75) is 38.8 Å². The molecule has 0 aliphatic carbocycles. The highest BCUT2D eigenvalue weighted by molar-refractivity contribution is 9.10. The van der Waals surface area contributed by atoms with Gasteiger partial charge in [0.05, 0.1) is 4.47 Å². The molecular formula is C13H16BrF2NO2. The summed E-state index contributed by atoms with van der Waals surface area (Å²) in [5.41, 5.74) is -1.33. The Balaban J connectivity index is 2.98. The number of hydrogen-bond donors (Lipinski definition) is 2. The molecule has 0 spiro atoms. The predicted octanol–water partition coefficient (Wildman–Crippen LogP) is 3.46. The van der Waals surface area contributed by atoms with Gasteiger partial charge in [0.1, 0.15) is 17.2 Å². The van der Waals surface area contributed by atoms with E-state index >= 15 is 0 Å². The van der Waals surface area contributed by atoms with Crippen LogP contribution in [0.3, 0.4) is 0 Å². The molecule has 0 bridgehead atoms. The summed E-state index contributed by atoms with van der Waals surface area (Å²) < 4.78 is 27.5. The highest BCUT2D eigenvalue weighted by Crippen LogP contribution is 2.23. The van der Waals surface area contributed by atoms with Gasteiger partial charge in [-0.1, -0.05) is 13.8 Å². The number of nitrogens with one attached hydrogen (secondary N) is 1. The first-order valence-corrected chi connectivity index (χ1v) is 6.78. The van der Waals surface area contributed by atoms with Crippen LogP contribution in [0.1, 0.15) is 32.3 Å². The summed E-state index contributed by atoms with van der Waals surface area (Å²) >= 11 is 2.98. The van der Waals surface area contributed by atoms with Crippen LogP contribution in [-0.4, -0.2) is 16.6 Å². The summed E-state index contributed by atoms with van der Waals surface area (Å²) in [6.07, 6.45) is 0.659. The second-order valence-corrected chi connectivity index (χ2v) is 5.12. The molecule has 19 heavy (non-hydrogen) atoms. The molecule has 0 saturated carbocycles. The topological polar surface area (TPSA) is 49.3 Å². The zero-order valence-electron chi connectivity index (χ0n) is 10.8. The Bertz CT molecular complexity index is 476. The maximum Gasteiger partial charge on any atom is 0.323 e. The Hall–Kier alpha value is -1.01. The lowest BCUT2D eigenvalue weighted by atomic mass is 9.92. The SMILES string of the molecule is CCC(CC)(NCc1c(F)ccc(Br)c1F)C(=O)O. The van der Waals surface area contributed by atoms with Crippen LogP contribution in [-0.2, 0) is 11.3 Å². The first-order valence-electron chi connectivity index (χ1n) is 5.98. The van der Waals surface area contributed by atoms with Crippen LogP contribution in [0.25, 0.3) is 0 Å². The molecule has 0 aliphatic rings. The van der Waals surface area contributed by atoms with Crippen LogP contribution in [0.2, 0.25) is 0 Å². The first-order chi connectivity index (χ1) is 8.88. The van der Waals surface area contributed by atoms with Gasteiger partial charge in [-0.3, -0.25) is 10.1 Å². The van der Waals surface area contributed by atoms with Gasteiger partial charge in [0.15, 0.2) is 0 Å². The van der Waals surface area contributed by atoms with Crippen molar-refractivity contribution in [1.29, 1.82) is 0 Å². The number of benzene rings is 1. The highest BCUT2D eigenvalue weighted by Gasteiger charge is 2.34. The van der Waals surface area contributed by atoms with Gasteiger partial charge in [-0.25, -0.2) is 8.78 Å². The lowest BCUT2D eigenvalue weighted by Crippen LogP contribution is -2.50. The van der Waals surface area contributed by atoms with Crippen LogP contribution >= 0.6 is 15.9 Å². The molecule has 0 radical (unpaired) electrons. The molecule has 0 atom stereocenters. The Kier molecular flexibility index (Phi) is 5.43. The van der Waals surface area contributed by atoms with E-state index < -0.39 is 23.1 Å². The molecule has 3 nitrogen and oxygen atoms in total. The van der Waals surface area contributed by atoms with E-state index in [2.05, 4.69) is 21.2 Å². The molecule has 6 heteroatoms. The summed E-state index contributed by atoms with van der Waals surface area (Å²) in [7, 11) is 0. The van der Waals surface area contributed by atoms with Gasteiger partial charge in [0.2, 0.25) is 0 Å². The van der Waals surface area contributed by atoms with Crippen molar-refractivity contribution in [1.82, 2.24) is 5.32 Å². The minimum absolute atomic E-state index is 0.152.